The molecule has 1 unspecified atom stereocenters. The summed E-state index contributed by atoms with van der Waals surface area (Å²) in [5.74, 6) is 0.675. The SMILES string of the molecule is Cc1cc(C(=O)N[C@@H](CCCCN)C2=N[C@H]3CC(Cl)CC=C3N2)ccc1C(=O)N1CCCC1. The van der Waals surface area contributed by atoms with Crippen LogP contribution in [-0.4, -0.2) is 59.6 Å². The summed E-state index contributed by atoms with van der Waals surface area (Å²) < 4.78 is 0. The molecule has 1 aromatic carbocycles. The summed E-state index contributed by atoms with van der Waals surface area (Å²) in [4.78, 5) is 32.7. The van der Waals surface area contributed by atoms with E-state index in [9.17, 15) is 9.59 Å². The van der Waals surface area contributed by atoms with Crippen molar-refractivity contribution in [1.82, 2.24) is 15.5 Å². The lowest BCUT2D eigenvalue weighted by atomic mass is 10.0. The van der Waals surface area contributed by atoms with Gasteiger partial charge in [0.25, 0.3) is 11.8 Å². The zero-order chi connectivity index (χ0) is 23.4. The van der Waals surface area contributed by atoms with Crippen molar-refractivity contribution in [2.75, 3.05) is 19.6 Å². The van der Waals surface area contributed by atoms with Gasteiger partial charge in [0.1, 0.15) is 5.84 Å². The van der Waals surface area contributed by atoms with E-state index in [0.717, 1.165) is 75.1 Å². The van der Waals surface area contributed by atoms with Gasteiger partial charge in [0, 0.05) is 35.3 Å². The molecule has 2 heterocycles. The molecule has 7 nitrogen and oxygen atoms in total. The van der Waals surface area contributed by atoms with Crippen molar-refractivity contribution < 1.29 is 9.59 Å². The van der Waals surface area contributed by atoms with Crippen LogP contribution in [0, 0.1) is 6.92 Å². The number of rotatable bonds is 8. The van der Waals surface area contributed by atoms with Gasteiger partial charge in [-0.1, -0.05) is 6.08 Å². The van der Waals surface area contributed by atoms with Crippen LogP contribution in [0.15, 0.2) is 35.0 Å². The monoisotopic (exact) mass is 471 g/mol. The minimum atomic E-state index is -0.226. The van der Waals surface area contributed by atoms with E-state index < -0.39 is 0 Å². The van der Waals surface area contributed by atoms with Crippen molar-refractivity contribution in [2.45, 2.75) is 69.3 Å². The molecule has 4 rings (SSSR count). The molecule has 4 N–H and O–H groups in total. The first-order chi connectivity index (χ1) is 16.0. The Morgan fingerprint density at radius 3 is 2.82 bits per heavy atom. The molecule has 1 aromatic rings. The number of allylic oxidation sites excluding steroid dienone is 1. The molecule has 2 amide bonds. The number of likely N-dealkylation sites (tertiary alicyclic amines) is 1. The van der Waals surface area contributed by atoms with E-state index in [1.165, 1.54) is 0 Å². The lowest BCUT2D eigenvalue weighted by Gasteiger charge is -2.21. The van der Waals surface area contributed by atoms with Gasteiger partial charge in [0.05, 0.1) is 12.1 Å². The number of alkyl halides is 1. The number of carbonyl (C=O) groups is 2. The van der Waals surface area contributed by atoms with Gasteiger partial charge < -0.3 is 21.3 Å². The Morgan fingerprint density at radius 2 is 2.09 bits per heavy atom. The van der Waals surface area contributed by atoms with E-state index in [0.29, 0.717) is 17.7 Å². The second-order valence-corrected chi connectivity index (χ2v) is 9.84. The molecule has 0 bridgehead atoms. The minimum absolute atomic E-state index is 0.0447. The second-order valence-electron chi connectivity index (χ2n) is 9.22. The summed E-state index contributed by atoms with van der Waals surface area (Å²) in [6.07, 6.45) is 8.39. The van der Waals surface area contributed by atoms with Gasteiger partial charge in [-0.25, -0.2) is 0 Å². The van der Waals surface area contributed by atoms with Crippen LogP contribution in [0.5, 0.6) is 0 Å². The number of fused-ring (bicyclic) bond motifs is 1. The smallest absolute Gasteiger partial charge is 0.254 e. The van der Waals surface area contributed by atoms with Gasteiger partial charge in [-0.05, 0) is 82.2 Å². The predicted molar refractivity (Wildman–Crippen MR) is 132 cm³/mol. The Bertz CT molecular complexity index is 954. The molecule has 2 aliphatic heterocycles. The largest absolute Gasteiger partial charge is 0.344 e. The number of aryl methyl sites for hydroxylation is 1. The number of carbonyl (C=O) groups excluding carboxylic acids is 2. The van der Waals surface area contributed by atoms with Crippen molar-refractivity contribution in [2.24, 2.45) is 10.7 Å². The van der Waals surface area contributed by atoms with Crippen molar-refractivity contribution >= 4 is 29.3 Å². The molecule has 0 saturated carbocycles. The number of hydrogen-bond donors (Lipinski definition) is 3. The second kappa shape index (κ2) is 10.7. The van der Waals surface area contributed by atoms with Crippen LogP contribution in [0.25, 0.3) is 0 Å². The van der Waals surface area contributed by atoms with Crippen LogP contribution in [0.3, 0.4) is 0 Å². The summed E-state index contributed by atoms with van der Waals surface area (Å²) >= 11 is 6.32. The third-order valence-electron chi connectivity index (χ3n) is 6.69. The van der Waals surface area contributed by atoms with Gasteiger partial charge in [0.15, 0.2) is 0 Å². The van der Waals surface area contributed by atoms with Crippen LogP contribution in [-0.2, 0) is 0 Å². The molecule has 1 aliphatic carbocycles. The van der Waals surface area contributed by atoms with Gasteiger partial charge in [0.2, 0.25) is 0 Å². The van der Waals surface area contributed by atoms with E-state index >= 15 is 0 Å². The zero-order valence-corrected chi connectivity index (χ0v) is 20.0. The van der Waals surface area contributed by atoms with Gasteiger partial charge in [-0.2, -0.15) is 0 Å². The number of benzene rings is 1. The Morgan fingerprint density at radius 1 is 1.30 bits per heavy atom. The Hall–Kier alpha value is -2.38. The number of amidine groups is 1. The molecule has 3 atom stereocenters. The Kier molecular flexibility index (Phi) is 7.71. The van der Waals surface area contributed by atoms with Gasteiger partial charge >= 0.3 is 0 Å². The predicted octanol–water partition coefficient (Wildman–Crippen LogP) is 3.11. The van der Waals surface area contributed by atoms with Crippen LogP contribution in [0.2, 0.25) is 0 Å². The van der Waals surface area contributed by atoms with Gasteiger partial charge in [-0.3, -0.25) is 14.6 Å². The lowest BCUT2D eigenvalue weighted by molar-refractivity contribution is 0.0791. The molecule has 3 aliphatic rings. The Balaban J connectivity index is 1.47. The number of halogens is 1. The zero-order valence-electron chi connectivity index (χ0n) is 19.3. The first-order valence-corrected chi connectivity index (χ1v) is 12.5. The molecule has 1 saturated heterocycles. The highest BCUT2D eigenvalue weighted by Gasteiger charge is 2.32. The highest BCUT2D eigenvalue weighted by molar-refractivity contribution is 6.20. The molecule has 33 heavy (non-hydrogen) atoms. The number of amides is 2. The van der Waals surface area contributed by atoms with Crippen LogP contribution in [0.1, 0.15) is 71.2 Å². The van der Waals surface area contributed by atoms with E-state index in [4.69, 9.17) is 22.3 Å². The standard InChI is InChI=1S/C25H34ClN5O2/c1-16-14-17(7-9-19(16)25(33)31-12-4-5-13-31)24(32)30-21(6-2-3-11-27)23-28-20-10-8-18(26)15-22(20)29-23/h7,9-10,14,18,21-22H,2-6,8,11-13,15,27H2,1H3,(H,28,29)(H,30,32)/t18?,21-,22-/m0/s1. The van der Waals surface area contributed by atoms with E-state index in [1.807, 2.05) is 11.8 Å². The minimum Gasteiger partial charge on any atom is -0.344 e. The summed E-state index contributed by atoms with van der Waals surface area (Å²) in [6.45, 7) is 4.12. The molecule has 0 radical (unpaired) electrons. The maximum absolute atomic E-state index is 13.2. The maximum atomic E-state index is 13.2. The van der Waals surface area contributed by atoms with E-state index in [2.05, 4.69) is 16.7 Å². The molecule has 0 aromatic heterocycles. The van der Waals surface area contributed by atoms with Crippen LogP contribution in [0.4, 0.5) is 0 Å². The number of aliphatic imine (C=N–C) groups is 1. The third-order valence-corrected chi connectivity index (χ3v) is 7.05. The lowest BCUT2D eigenvalue weighted by Crippen LogP contribution is -2.45. The number of unbranched alkanes of at least 4 members (excludes halogenated alkanes) is 1. The van der Waals surface area contributed by atoms with Crippen molar-refractivity contribution in [3.05, 3.63) is 46.7 Å². The average Bonchev–Trinajstić information content (AvgIpc) is 3.48. The molecule has 1 fully saturated rings. The first-order valence-electron chi connectivity index (χ1n) is 12.1. The van der Waals surface area contributed by atoms with Crippen LogP contribution < -0.4 is 16.4 Å². The number of nitrogens with one attached hydrogen (secondary N) is 2. The van der Waals surface area contributed by atoms with Crippen molar-refractivity contribution in [1.29, 1.82) is 0 Å². The number of nitrogens with zero attached hydrogens (tertiary/aromatic N) is 2. The molecule has 0 spiro atoms. The van der Waals surface area contributed by atoms with E-state index in [1.54, 1.807) is 18.2 Å². The molecular weight excluding hydrogens is 438 g/mol. The molecule has 8 heteroatoms. The normalized spacial score (nSPS) is 22.8. The first kappa shape index (κ1) is 23.8. The average molecular weight is 472 g/mol. The number of nitrogens with two attached hydrogens (primary N) is 1. The van der Waals surface area contributed by atoms with Crippen molar-refractivity contribution in [3.63, 3.8) is 0 Å². The topological polar surface area (TPSA) is 99.8 Å². The Labute approximate surface area is 200 Å². The fourth-order valence-electron chi connectivity index (χ4n) is 4.79. The molecule has 178 valence electrons. The summed E-state index contributed by atoms with van der Waals surface area (Å²) in [6, 6.07) is 5.14. The maximum Gasteiger partial charge on any atom is 0.254 e. The highest BCUT2D eigenvalue weighted by atomic mass is 35.5. The quantitative estimate of drug-likeness (QED) is 0.400. The van der Waals surface area contributed by atoms with Gasteiger partial charge in [-0.15, -0.1) is 11.6 Å². The fourth-order valence-corrected chi connectivity index (χ4v) is 5.04. The van der Waals surface area contributed by atoms with Crippen LogP contribution >= 0.6 is 11.6 Å². The number of hydrogen-bond acceptors (Lipinski definition) is 5. The summed E-state index contributed by atoms with van der Waals surface area (Å²) in [5, 5.41) is 6.67. The van der Waals surface area contributed by atoms with Crippen molar-refractivity contribution in [3.8, 4) is 0 Å². The molecular formula is C25H34ClN5O2. The third kappa shape index (κ3) is 5.58. The van der Waals surface area contributed by atoms with E-state index in [-0.39, 0.29) is 29.3 Å². The highest BCUT2D eigenvalue weighted by Crippen LogP contribution is 2.28. The summed E-state index contributed by atoms with van der Waals surface area (Å²) in [7, 11) is 0. The fraction of sp³-hybridized carbons (Fsp3) is 0.560. The summed E-state index contributed by atoms with van der Waals surface area (Å²) in [5.41, 5.74) is 8.80.